The maximum Gasteiger partial charge on any atom is 0.338 e. The smallest absolute Gasteiger partial charge is 0.338 e. The Morgan fingerprint density at radius 2 is 1.88 bits per heavy atom. The second kappa shape index (κ2) is 9.70. The monoisotopic (exact) mass is 497 g/mol. The lowest BCUT2D eigenvalue weighted by molar-refractivity contribution is 0.0599. The number of halogens is 2. The normalized spacial score (nSPS) is 10.9. The Balaban J connectivity index is 1.55. The van der Waals surface area contributed by atoms with E-state index >= 15 is 0 Å². The molecule has 0 aliphatic rings. The average Bonchev–Trinajstić information content (AvgIpc) is 3.40. The van der Waals surface area contributed by atoms with E-state index in [1.807, 2.05) is 19.1 Å². The van der Waals surface area contributed by atoms with E-state index in [1.165, 1.54) is 7.11 Å². The molecule has 0 radical (unpaired) electrons. The summed E-state index contributed by atoms with van der Waals surface area (Å²) in [6.45, 7) is 4.00. The topological polar surface area (TPSA) is 102 Å². The lowest BCUT2D eigenvalue weighted by Gasteiger charge is -2.10. The Bertz CT molecular complexity index is 1390. The van der Waals surface area contributed by atoms with Crippen LogP contribution in [0.25, 0.3) is 11.3 Å². The van der Waals surface area contributed by atoms with E-state index < -0.39 is 5.97 Å². The molecule has 4 rings (SSSR count). The number of rotatable bonds is 6. The van der Waals surface area contributed by atoms with Crippen molar-refractivity contribution in [3.63, 3.8) is 0 Å². The van der Waals surface area contributed by atoms with Crippen molar-refractivity contribution < 1.29 is 14.3 Å². The Labute approximate surface area is 205 Å². The Morgan fingerprint density at radius 3 is 2.62 bits per heavy atom. The number of aryl methyl sites for hydroxylation is 1. The van der Waals surface area contributed by atoms with Crippen LogP contribution in [0.2, 0.25) is 10.0 Å². The standard InChI is InChI=1S/C24H21Cl2N5O3/c1-13-22(14(2)31(30-13)12-15-6-4-5-7-17(15)24(33)34-3)27-23(32)21-11-20(28-29-21)18-9-8-16(25)10-19(18)26/h4-11H,12H2,1-3H3,(H,27,32)(H,28,29). The fourth-order valence-electron chi connectivity index (χ4n) is 3.61. The van der Waals surface area contributed by atoms with Gasteiger partial charge in [0, 0.05) is 10.6 Å². The van der Waals surface area contributed by atoms with E-state index in [4.69, 9.17) is 27.9 Å². The van der Waals surface area contributed by atoms with Crippen LogP contribution in [0, 0.1) is 13.8 Å². The number of hydrogen-bond acceptors (Lipinski definition) is 5. The van der Waals surface area contributed by atoms with Crippen LogP contribution < -0.4 is 5.32 Å². The van der Waals surface area contributed by atoms with Crippen LogP contribution in [0.3, 0.4) is 0 Å². The summed E-state index contributed by atoms with van der Waals surface area (Å²) in [6, 6.07) is 13.9. The minimum atomic E-state index is -0.415. The second-order valence-corrected chi connectivity index (χ2v) is 8.44. The molecule has 0 aliphatic heterocycles. The molecule has 2 aromatic heterocycles. The third kappa shape index (κ3) is 4.69. The first-order valence-electron chi connectivity index (χ1n) is 10.3. The molecule has 2 aromatic carbocycles. The number of nitrogens with zero attached hydrogens (tertiary/aromatic N) is 3. The molecule has 0 saturated heterocycles. The first-order chi connectivity index (χ1) is 16.3. The number of anilines is 1. The number of aromatic nitrogens is 4. The molecular weight excluding hydrogens is 477 g/mol. The molecule has 0 unspecified atom stereocenters. The molecule has 2 heterocycles. The fraction of sp³-hybridized carbons (Fsp3) is 0.167. The third-order valence-corrected chi connectivity index (χ3v) is 5.94. The zero-order chi connectivity index (χ0) is 24.4. The number of esters is 1. The van der Waals surface area contributed by atoms with E-state index in [9.17, 15) is 9.59 Å². The number of carbonyl (C=O) groups excluding carboxylic acids is 2. The number of methoxy groups -OCH3 is 1. The van der Waals surface area contributed by atoms with Crippen molar-refractivity contribution in [3.05, 3.63) is 86.8 Å². The van der Waals surface area contributed by atoms with Crippen LogP contribution >= 0.6 is 23.2 Å². The number of carbonyl (C=O) groups is 2. The van der Waals surface area contributed by atoms with E-state index in [2.05, 4.69) is 20.6 Å². The molecule has 0 saturated carbocycles. The molecule has 0 spiro atoms. The highest BCUT2D eigenvalue weighted by Crippen LogP contribution is 2.30. The Kier molecular flexibility index (Phi) is 6.72. The molecule has 4 aromatic rings. The van der Waals surface area contributed by atoms with Gasteiger partial charge in [0.1, 0.15) is 5.69 Å². The van der Waals surface area contributed by atoms with Gasteiger partial charge in [0.2, 0.25) is 0 Å². The van der Waals surface area contributed by atoms with Crippen molar-refractivity contribution in [1.29, 1.82) is 0 Å². The predicted molar refractivity (Wildman–Crippen MR) is 131 cm³/mol. The van der Waals surface area contributed by atoms with Gasteiger partial charge in [-0.25, -0.2) is 4.79 Å². The summed E-state index contributed by atoms with van der Waals surface area (Å²) in [5, 5.41) is 15.3. The van der Waals surface area contributed by atoms with E-state index in [1.54, 1.807) is 48.0 Å². The Hall–Kier alpha value is -3.62. The van der Waals surface area contributed by atoms with Gasteiger partial charge in [-0.15, -0.1) is 0 Å². The van der Waals surface area contributed by atoms with Crippen molar-refractivity contribution in [2.24, 2.45) is 0 Å². The summed E-state index contributed by atoms with van der Waals surface area (Å²) < 4.78 is 6.61. The number of H-pyrrole nitrogens is 1. The minimum Gasteiger partial charge on any atom is -0.465 e. The third-order valence-electron chi connectivity index (χ3n) is 5.39. The first kappa shape index (κ1) is 23.5. The Morgan fingerprint density at radius 1 is 1.12 bits per heavy atom. The van der Waals surface area contributed by atoms with Crippen molar-refractivity contribution in [1.82, 2.24) is 20.0 Å². The van der Waals surface area contributed by atoms with Gasteiger partial charge in [0.25, 0.3) is 5.91 Å². The summed E-state index contributed by atoms with van der Waals surface area (Å²) in [4.78, 5) is 25.0. The van der Waals surface area contributed by atoms with E-state index in [0.717, 1.165) is 11.3 Å². The lowest BCUT2D eigenvalue weighted by Crippen LogP contribution is -2.14. The van der Waals surface area contributed by atoms with Gasteiger partial charge >= 0.3 is 5.97 Å². The second-order valence-electron chi connectivity index (χ2n) is 7.60. The summed E-state index contributed by atoms with van der Waals surface area (Å²) in [5.41, 5.74) is 4.64. The summed E-state index contributed by atoms with van der Waals surface area (Å²) in [7, 11) is 1.35. The van der Waals surface area contributed by atoms with Crippen molar-refractivity contribution in [3.8, 4) is 11.3 Å². The number of aromatic amines is 1. The average molecular weight is 498 g/mol. The maximum atomic E-state index is 12.9. The molecule has 0 bridgehead atoms. The molecule has 8 nitrogen and oxygen atoms in total. The number of benzene rings is 2. The van der Waals surface area contributed by atoms with Crippen molar-refractivity contribution in [2.75, 3.05) is 12.4 Å². The van der Waals surface area contributed by atoms with E-state index in [0.29, 0.717) is 44.8 Å². The fourth-order valence-corrected chi connectivity index (χ4v) is 4.12. The van der Waals surface area contributed by atoms with E-state index in [-0.39, 0.29) is 11.6 Å². The zero-order valence-corrected chi connectivity index (χ0v) is 20.2. The van der Waals surface area contributed by atoms with Crippen LogP contribution in [0.1, 0.15) is 37.8 Å². The van der Waals surface area contributed by atoms with Crippen LogP contribution in [-0.2, 0) is 11.3 Å². The molecule has 174 valence electrons. The van der Waals surface area contributed by atoms with Crippen LogP contribution in [0.4, 0.5) is 5.69 Å². The number of amides is 1. The number of ether oxygens (including phenoxy) is 1. The summed E-state index contributed by atoms with van der Waals surface area (Å²) in [6.07, 6.45) is 0. The highest BCUT2D eigenvalue weighted by atomic mass is 35.5. The highest BCUT2D eigenvalue weighted by Gasteiger charge is 2.19. The van der Waals surface area contributed by atoms with Gasteiger partial charge in [-0.2, -0.15) is 10.2 Å². The quantitative estimate of drug-likeness (QED) is 0.352. The van der Waals surface area contributed by atoms with Crippen molar-refractivity contribution in [2.45, 2.75) is 20.4 Å². The lowest BCUT2D eigenvalue weighted by atomic mass is 10.1. The first-order valence-corrected chi connectivity index (χ1v) is 11.1. The molecule has 1 amide bonds. The van der Waals surface area contributed by atoms with Gasteiger partial charge in [0.05, 0.1) is 47.0 Å². The minimum absolute atomic E-state index is 0.267. The number of hydrogen-bond donors (Lipinski definition) is 2. The molecule has 34 heavy (non-hydrogen) atoms. The van der Waals surface area contributed by atoms with Gasteiger partial charge in [0.15, 0.2) is 0 Å². The molecule has 0 fully saturated rings. The predicted octanol–water partition coefficient (Wildman–Crippen LogP) is 5.28. The largest absolute Gasteiger partial charge is 0.465 e. The zero-order valence-electron chi connectivity index (χ0n) is 18.6. The molecule has 0 atom stereocenters. The number of nitrogens with one attached hydrogen (secondary N) is 2. The van der Waals surface area contributed by atoms with Crippen LogP contribution in [0.15, 0.2) is 48.5 Å². The van der Waals surface area contributed by atoms with Crippen molar-refractivity contribution >= 4 is 40.8 Å². The van der Waals surface area contributed by atoms with Gasteiger partial charge < -0.3 is 10.1 Å². The van der Waals surface area contributed by atoms with Crippen LogP contribution in [0.5, 0.6) is 0 Å². The van der Waals surface area contributed by atoms with Crippen LogP contribution in [-0.4, -0.2) is 39.0 Å². The maximum absolute atomic E-state index is 12.9. The molecular formula is C24H21Cl2N5O3. The summed E-state index contributed by atoms with van der Waals surface area (Å²) >= 11 is 12.2. The summed E-state index contributed by atoms with van der Waals surface area (Å²) in [5.74, 6) is -0.786. The molecule has 2 N–H and O–H groups in total. The molecule has 10 heteroatoms. The molecule has 0 aliphatic carbocycles. The van der Waals surface area contributed by atoms with Gasteiger partial charge in [-0.3, -0.25) is 14.6 Å². The SMILES string of the molecule is COC(=O)c1ccccc1Cn1nc(C)c(NC(=O)c2cc(-c3ccc(Cl)cc3Cl)n[nH]2)c1C. The van der Waals surface area contributed by atoms with Gasteiger partial charge in [-0.05, 0) is 49.7 Å². The van der Waals surface area contributed by atoms with Gasteiger partial charge in [-0.1, -0.05) is 41.4 Å². The highest BCUT2D eigenvalue weighted by molar-refractivity contribution is 6.36.